The first-order chi connectivity index (χ1) is 9.56. The van der Waals surface area contributed by atoms with Crippen LogP contribution in [0.25, 0.3) is 0 Å². The number of rotatable bonds is 4. The number of benzene rings is 1. The van der Waals surface area contributed by atoms with E-state index in [0.29, 0.717) is 11.8 Å². The first-order valence-corrected chi connectivity index (χ1v) is 7.34. The van der Waals surface area contributed by atoms with Crippen LogP contribution in [-0.2, 0) is 4.79 Å². The first-order valence-electron chi connectivity index (χ1n) is 7.34. The van der Waals surface area contributed by atoms with Gasteiger partial charge in [-0.25, -0.2) is 0 Å². The summed E-state index contributed by atoms with van der Waals surface area (Å²) in [7, 11) is 0. The summed E-state index contributed by atoms with van der Waals surface area (Å²) in [6.45, 7) is 2.05. The average Bonchev–Trinajstić information content (AvgIpc) is 3.00. The summed E-state index contributed by atoms with van der Waals surface area (Å²) in [6, 6.07) is 7.29. The molecule has 20 heavy (non-hydrogen) atoms. The number of phenols is 1. The van der Waals surface area contributed by atoms with Gasteiger partial charge < -0.3 is 15.5 Å². The van der Waals surface area contributed by atoms with Crippen molar-refractivity contribution in [2.75, 3.05) is 0 Å². The van der Waals surface area contributed by atoms with E-state index in [0.717, 1.165) is 24.8 Å². The summed E-state index contributed by atoms with van der Waals surface area (Å²) < 4.78 is 0. The fourth-order valence-electron chi connectivity index (χ4n) is 4.03. The van der Waals surface area contributed by atoms with E-state index in [-0.39, 0.29) is 23.8 Å². The van der Waals surface area contributed by atoms with Gasteiger partial charge in [-0.1, -0.05) is 12.1 Å². The molecule has 0 aliphatic heterocycles. The van der Waals surface area contributed by atoms with Gasteiger partial charge in [0.2, 0.25) is 0 Å². The molecule has 3 N–H and O–H groups in total. The van der Waals surface area contributed by atoms with Gasteiger partial charge in [0, 0.05) is 12.1 Å². The van der Waals surface area contributed by atoms with Gasteiger partial charge in [-0.15, -0.1) is 0 Å². The van der Waals surface area contributed by atoms with Gasteiger partial charge in [0.05, 0.1) is 5.92 Å². The van der Waals surface area contributed by atoms with Crippen molar-refractivity contribution in [1.82, 2.24) is 5.32 Å². The Morgan fingerprint density at radius 3 is 2.55 bits per heavy atom. The fourth-order valence-corrected chi connectivity index (χ4v) is 4.03. The Hall–Kier alpha value is -1.55. The van der Waals surface area contributed by atoms with Crippen molar-refractivity contribution in [3.05, 3.63) is 29.8 Å². The van der Waals surface area contributed by atoms with E-state index >= 15 is 0 Å². The number of carbonyl (C=O) groups is 1. The number of fused-ring (bicyclic) bond motifs is 2. The van der Waals surface area contributed by atoms with Gasteiger partial charge >= 0.3 is 5.97 Å². The van der Waals surface area contributed by atoms with E-state index in [9.17, 15) is 15.0 Å². The van der Waals surface area contributed by atoms with Crippen LogP contribution in [0.4, 0.5) is 0 Å². The lowest BCUT2D eigenvalue weighted by Gasteiger charge is -2.31. The molecule has 4 nitrogen and oxygen atoms in total. The Balaban J connectivity index is 1.73. The van der Waals surface area contributed by atoms with Crippen LogP contribution in [0.1, 0.15) is 37.8 Å². The third-order valence-electron chi connectivity index (χ3n) is 5.04. The Bertz CT molecular complexity index is 499. The third-order valence-corrected chi connectivity index (χ3v) is 5.04. The summed E-state index contributed by atoms with van der Waals surface area (Å²) in [5.74, 6) is 0.202. The standard InChI is InChI=1S/C16H21NO3/c1-9(10-4-6-13(18)7-5-10)17-15-12-3-2-11(8-12)14(15)16(19)20/h4-7,9,11-12,14-15,17-18H,2-3,8H2,1H3,(H,19,20). The van der Waals surface area contributed by atoms with E-state index in [4.69, 9.17) is 0 Å². The number of hydrogen-bond acceptors (Lipinski definition) is 3. The van der Waals surface area contributed by atoms with Crippen molar-refractivity contribution in [3.63, 3.8) is 0 Å². The van der Waals surface area contributed by atoms with Crippen LogP contribution < -0.4 is 5.32 Å². The molecule has 1 aromatic carbocycles. The molecule has 5 unspecified atom stereocenters. The van der Waals surface area contributed by atoms with E-state index in [1.54, 1.807) is 12.1 Å². The van der Waals surface area contributed by atoms with Crippen LogP contribution in [0.2, 0.25) is 0 Å². The average molecular weight is 275 g/mol. The highest BCUT2D eigenvalue weighted by atomic mass is 16.4. The summed E-state index contributed by atoms with van der Waals surface area (Å²) in [5, 5.41) is 22.3. The quantitative estimate of drug-likeness (QED) is 0.790. The van der Waals surface area contributed by atoms with Gasteiger partial charge in [-0.3, -0.25) is 4.79 Å². The summed E-state index contributed by atoms with van der Waals surface area (Å²) >= 11 is 0. The zero-order valence-electron chi connectivity index (χ0n) is 11.6. The molecule has 0 saturated heterocycles. The molecule has 4 heteroatoms. The SMILES string of the molecule is CC(NC1C2CCC(C2)C1C(=O)O)c1ccc(O)cc1. The summed E-state index contributed by atoms with van der Waals surface area (Å²) in [5.41, 5.74) is 1.08. The van der Waals surface area contributed by atoms with Crippen LogP contribution in [0.3, 0.4) is 0 Å². The number of phenolic OH excluding ortho intramolecular Hbond substituents is 1. The first kappa shape index (κ1) is 13.4. The highest BCUT2D eigenvalue weighted by Crippen LogP contribution is 2.49. The lowest BCUT2D eigenvalue weighted by atomic mass is 9.84. The Labute approximate surface area is 118 Å². The van der Waals surface area contributed by atoms with Crippen molar-refractivity contribution in [2.24, 2.45) is 17.8 Å². The predicted octanol–water partition coefficient (Wildman–Crippen LogP) is 2.54. The smallest absolute Gasteiger partial charge is 0.308 e. The lowest BCUT2D eigenvalue weighted by Crippen LogP contribution is -2.45. The Kier molecular flexibility index (Phi) is 3.42. The molecule has 3 rings (SSSR count). The number of hydrogen-bond donors (Lipinski definition) is 3. The van der Waals surface area contributed by atoms with Crippen molar-refractivity contribution < 1.29 is 15.0 Å². The molecule has 5 atom stereocenters. The fraction of sp³-hybridized carbons (Fsp3) is 0.562. The zero-order chi connectivity index (χ0) is 14.3. The minimum atomic E-state index is -0.660. The van der Waals surface area contributed by atoms with E-state index in [2.05, 4.69) is 12.2 Å². The van der Waals surface area contributed by atoms with Crippen molar-refractivity contribution in [3.8, 4) is 5.75 Å². The molecule has 108 valence electrons. The Morgan fingerprint density at radius 1 is 1.25 bits per heavy atom. The van der Waals surface area contributed by atoms with Crippen LogP contribution in [0, 0.1) is 17.8 Å². The van der Waals surface area contributed by atoms with Crippen molar-refractivity contribution in [1.29, 1.82) is 0 Å². The minimum Gasteiger partial charge on any atom is -0.508 e. The highest BCUT2D eigenvalue weighted by Gasteiger charge is 2.51. The number of carboxylic acids is 1. The van der Waals surface area contributed by atoms with E-state index < -0.39 is 5.97 Å². The minimum absolute atomic E-state index is 0.0788. The molecule has 1 aromatic rings. The van der Waals surface area contributed by atoms with Gasteiger partial charge in [-0.2, -0.15) is 0 Å². The molecular weight excluding hydrogens is 254 g/mol. The summed E-state index contributed by atoms with van der Waals surface area (Å²) in [4.78, 5) is 11.5. The number of aromatic hydroxyl groups is 1. The molecule has 2 aliphatic carbocycles. The molecule has 0 heterocycles. The molecule has 2 bridgehead atoms. The molecule has 2 saturated carbocycles. The Morgan fingerprint density at radius 2 is 1.90 bits per heavy atom. The second-order valence-corrected chi connectivity index (χ2v) is 6.20. The number of carboxylic acid groups (broad SMARTS) is 1. The maximum absolute atomic E-state index is 11.5. The van der Waals surface area contributed by atoms with E-state index in [1.807, 2.05) is 12.1 Å². The maximum atomic E-state index is 11.5. The second-order valence-electron chi connectivity index (χ2n) is 6.20. The second kappa shape index (κ2) is 5.09. The van der Waals surface area contributed by atoms with Crippen molar-refractivity contribution >= 4 is 5.97 Å². The van der Waals surface area contributed by atoms with Gasteiger partial charge in [0.1, 0.15) is 5.75 Å². The van der Waals surface area contributed by atoms with Gasteiger partial charge in [0.15, 0.2) is 0 Å². The van der Waals surface area contributed by atoms with Crippen LogP contribution in [-0.4, -0.2) is 22.2 Å². The van der Waals surface area contributed by atoms with Crippen LogP contribution in [0.5, 0.6) is 5.75 Å². The topological polar surface area (TPSA) is 69.6 Å². The monoisotopic (exact) mass is 275 g/mol. The van der Waals surface area contributed by atoms with Crippen LogP contribution in [0.15, 0.2) is 24.3 Å². The normalized spacial score (nSPS) is 33.2. The lowest BCUT2D eigenvalue weighted by molar-refractivity contribution is -0.144. The number of nitrogens with one attached hydrogen (secondary N) is 1. The van der Waals surface area contributed by atoms with Crippen molar-refractivity contribution in [2.45, 2.75) is 38.3 Å². The molecule has 0 spiro atoms. The zero-order valence-corrected chi connectivity index (χ0v) is 11.6. The largest absolute Gasteiger partial charge is 0.508 e. The number of aliphatic carboxylic acids is 1. The molecule has 0 aromatic heterocycles. The molecule has 0 amide bonds. The van der Waals surface area contributed by atoms with Crippen LogP contribution >= 0.6 is 0 Å². The van der Waals surface area contributed by atoms with E-state index in [1.165, 1.54) is 0 Å². The molecule has 0 radical (unpaired) electrons. The highest BCUT2D eigenvalue weighted by molar-refractivity contribution is 5.72. The molecule has 2 fully saturated rings. The van der Waals surface area contributed by atoms with Gasteiger partial charge in [0.25, 0.3) is 0 Å². The summed E-state index contributed by atoms with van der Waals surface area (Å²) in [6.07, 6.45) is 3.26. The third kappa shape index (κ3) is 2.29. The molecular formula is C16H21NO3. The maximum Gasteiger partial charge on any atom is 0.308 e. The predicted molar refractivity (Wildman–Crippen MR) is 75.4 cm³/mol. The van der Waals surface area contributed by atoms with Gasteiger partial charge in [-0.05, 0) is 55.7 Å². The molecule has 2 aliphatic rings.